The van der Waals surface area contributed by atoms with Gasteiger partial charge >= 0.3 is 5.69 Å². The molecule has 1 fully saturated rings. The highest BCUT2D eigenvalue weighted by atomic mass is 16.2. The molecule has 1 saturated carbocycles. The lowest BCUT2D eigenvalue weighted by Crippen LogP contribution is -2.42. The van der Waals surface area contributed by atoms with E-state index in [-0.39, 0.29) is 18.5 Å². The summed E-state index contributed by atoms with van der Waals surface area (Å²) in [6.07, 6.45) is 2.29. The molecular weight excluding hydrogens is 354 g/mol. The third kappa shape index (κ3) is 3.88. The van der Waals surface area contributed by atoms with E-state index in [0.29, 0.717) is 18.2 Å². The predicted octanol–water partition coefficient (Wildman–Crippen LogP) is 2.26. The molecule has 0 saturated heterocycles. The van der Waals surface area contributed by atoms with Crippen LogP contribution < -0.4 is 5.69 Å². The molecule has 4 rings (SSSR count). The maximum Gasteiger partial charge on any atom is 0.368 e. The number of aromatic nitrogens is 4. The minimum atomic E-state index is -0.418. The fourth-order valence-corrected chi connectivity index (χ4v) is 3.40. The molecule has 1 aliphatic carbocycles. The average molecular weight is 377 g/mol. The number of carbonyl (C=O) groups is 1. The molecule has 0 aliphatic heterocycles. The molecule has 0 bridgehead atoms. The molecule has 1 unspecified atom stereocenters. The number of tetrazole rings is 1. The van der Waals surface area contributed by atoms with Crippen LogP contribution in [-0.4, -0.2) is 36.6 Å². The zero-order chi connectivity index (χ0) is 19.5. The van der Waals surface area contributed by atoms with E-state index >= 15 is 0 Å². The molecular formula is C21H23N5O2. The Labute approximate surface area is 163 Å². The molecule has 0 N–H and O–H groups in total. The van der Waals surface area contributed by atoms with Crippen molar-refractivity contribution in [3.8, 4) is 5.69 Å². The zero-order valence-electron chi connectivity index (χ0n) is 15.8. The van der Waals surface area contributed by atoms with Gasteiger partial charge in [0.2, 0.25) is 5.91 Å². The van der Waals surface area contributed by atoms with Gasteiger partial charge in [-0.15, -0.1) is 0 Å². The smallest absolute Gasteiger partial charge is 0.334 e. The van der Waals surface area contributed by atoms with Crippen molar-refractivity contribution >= 4 is 5.91 Å². The molecule has 0 spiro atoms. The lowest BCUT2D eigenvalue weighted by molar-refractivity contribution is -0.135. The number of benzene rings is 2. The molecule has 1 atom stereocenters. The molecule has 7 heteroatoms. The SMILES string of the molecule is CC(C1CC1)N(Cc1ccccc1)C(=O)Cn1nnn(-c2ccccc2)c1=O. The minimum Gasteiger partial charge on any atom is -0.334 e. The first-order valence-electron chi connectivity index (χ1n) is 9.55. The van der Waals surface area contributed by atoms with Gasteiger partial charge in [0.05, 0.1) is 5.69 Å². The quantitative estimate of drug-likeness (QED) is 0.633. The van der Waals surface area contributed by atoms with Gasteiger partial charge in [-0.3, -0.25) is 4.79 Å². The summed E-state index contributed by atoms with van der Waals surface area (Å²) in [4.78, 5) is 27.6. The molecule has 28 heavy (non-hydrogen) atoms. The summed E-state index contributed by atoms with van der Waals surface area (Å²) in [5, 5.41) is 7.83. The second-order valence-corrected chi connectivity index (χ2v) is 7.25. The summed E-state index contributed by atoms with van der Waals surface area (Å²) in [5.41, 5.74) is 1.28. The van der Waals surface area contributed by atoms with Crippen LogP contribution in [0.2, 0.25) is 0 Å². The fourth-order valence-electron chi connectivity index (χ4n) is 3.40. The highest BCUT2D eigenvalue weighted by molar-refractivity contribution is 5.76. The highest BCUT2D eigenvalue weighted by Gasteiger charge is 2.34. The molecule has 3 aromatic rings. The van der Waals surface area contributed by atoms with Gasteiger partial charge in [0, 0.05) is 12.6 Å². The molecule has 1 aromatic heterocycles. The van der Waals surface area contributed by atoms with E-state index in [0.717, 1.165) is 23.1 Å². The van der Waals surface area contributed by atoms with Crippen molar-refractivity contribution in [2.24, 2.45) is 5.92 Å². The fraction of sp³-hybridized carbons (Fsp3) is 0.333. The summed E-state index contributed by atoms with van der Waals surface area (Å²) in [7, 11) is 0. The third-order valence-corrected chi connectivity index (χ3v) is 5.24. The molecule has 144 valence electrons. The van der Waals surface area contributed by atoms with Crippen LogP contribution in [0, 0.1) is 5.92 Å². The second kappa shape index (κ2) is 7.80. The Balaban J connectivity index is 1.54. The Morgan fingerprint density at radius 1 is 1.07 bits per heavy atom. The monoisotopic (exact) mass is 377 g/mol. The van der Waals surface area contributed by atoms with Crippen molar-refractivity contribution in [2.45, 2.75) is 38.9 Å². The van der Waals surface area contributed by atoms with Crippen LogP contribution >= 0.6 is 0 Å². The highest BCUT2D eigenvalue weighted by Crippen LogP contribution is 2.35. The summed E-state index contributed by atoms with van der Waals surface area (Å²) in [5.74, 6) is 0.412. The molecule has 1 aliphatic rings. The largest absolute Gasteiger partial charge is 0.368 e. The molecule has 1 heterocycles. The summed E-state index contributed by atoms with van der Waals surface area (Å²) < 4.78 is 2.34. The average Bonchev–Trinajstić information content (AvgIpc) is 3.52. The number of rotatable bonds is 7. The summed E-state index contributed by atoms with van der Waals surface area (Å²) in [6.45, 7) is 2.50. The van der Waals surface area contributed by atoms with Crippen LogP contribution in [0.1, 0.15) is 25.3 Å². The number of hydrogen-bond acceptors (Lipinski definition) is 4. The maximum absolute atomic E-state index is 13.1. The van der Waals surface area contributed by atoms with Gasteiger partial charge in [0.25, 0.3) is 0 Å². The van der Waals surface area contributed by atoms with Gasteiger partial charge in [-0.2, -0.15) is 9.36 Å². The summed E-state index contributed by atoms with van der Waals surface area (Å²) >= 11 is 0. The first-order chi connectivity index (χ1) is 13.6. The van der Waals surface area contributed by atoms with Gasteiger partial charge < -0.3 is 4.90 Å². The van der Waals surface area contributed by atoms with Crippen LogP contribution in [-0.2, 0) is 17.9 Å². The van der Waals surface area contributed by atoms with Crippen LogP contribution in [0.4, 0.5) is 0 Å². The van der Waals surface area contributed by atoms with Gasteiger partial charge in [0.1, 0.15) is 6.54 Å². The lowest BCUT2D eigenvalue weighted by Gasteiger charge is -2.29. The third-order valence-electron chi connectivity index (χ3n) is 5.24. The lowest BCUT2D eigenvalue weighted by atomic mass is 10.1. The van der Waals surface area contributed by atoms with Gasteiger partial charge in [-0.05, 0) is 53.8 Å². The predicted molar refractivity (Wildman–Crippen MR) is 105 cm³/mol. The van der Waals surface area contributed by atoms with E-state index in [9.17, 15) is 9.59 Å². The first-order valence-corrected chi connectivity index (χ1v) is 9.55. The summed E-state index contributed by atoms with van der Waals surface area (Å²) in [6, 6.07) is 19.1. The minimum absolute atomic E-state index is 0.116. The Morgan fingerprint density at radius 3 is 2.36 bits per heavy atom. The second-order valence-electron chi connectivity index (χ2n) is 7.25. The molecule has 1 amide bonds. The van der Waals surface area contributed by atoms with Crippen LogP contribution in [0.15, 0.2) is 65.5 Å². The van der Waals surface area contributed by atoms with Gasteiger partial charge in [0.15, 0.2) is 0 Å². The molecule has 7 nitrogen and oxygen atoms in total. The van der Waals surface area contributed by atoms with Gasteiger partial charge in [-0.25, -0.2) is 4.79 Å². The zero-order valence-corrected chi connectivity index (χ0v) is 15.8. The number of amides is 1. The number of para-hydroxylation sites is 1. The van der Waals surface area contributed by atoms with E-state index in [1.165, 1.54) is 4.68 Å². The van der Waals surface area contributed by atoms with Crippen molar-refractivity contribution in [3.63, 3.8) is 0 Å². The van der Waals surface area contributed by atoms with Crippen molar-refractivity contribution in [3.05, 3.63) is 76.7 Å². The van der Waals surface area contributed by atoms with Crippen molar-refractivity contribution < 1.29 is 4.79 Å². The van der Waals surface area contributed by atoms with E-state index in [4.69, 9.17) is 0 Å². The normalized spacial score (nSPS) is 14.6. The van der Waals surface area contributed by atoms with Crippen LogP contribution in [0.25, 0.3) is 5.69 Å². The Morgan fingerprint density at radius 2 is 1.71 bits per heavy atom. The van der Waals surface area contributed by atoms with E-state index in [1.54, 1.807) is 12.1 Å². The standard InChI is InChI=1S/C21H23N5O2/c1-16(18-12-13-18)24(14-17-8-4-2-5-9-17)20(27)15-25-21(28)26(23-22-25)19-10-6-3-7-11-19/h2-11,16,18H,12-15H2,1H3. The molecule has 2 aromatic carbocycles. The first kappa shape index (κ1) is 18.2. The van der Waals surface area contributed by atoms with E-state index in [1.807, 2.05) is 53.4 Å². The van der Waals surface area contributed by atoms with Crippen LogP contribution in [0.3, 0.4) is 0 Å². The maximum atomic E-state index is 13.1. The van der Waals surface area contributed by atoms with Gasteiger partial charge in [-0.1, -0.05) is 48.5 Å². The number of nitrogens with zero attached hydrogens (tertiary/aromatic N) is 5. The van der Waals surface area contributed by atoms with E-state index < -0.39 is 5.69 Å². The Hall–Kier alpha value is -3.22. The number of hydrogen-bond donors (Lipinski definition) is 0. The number of carbonyl (C=O) groups excluding carboxylic acids is 1. The van der Waals surface area contributed by atoms with Crippen molar-refractivity contribution in [1.82, 2.24) is 24.7 Å². The van der Waals surface area contributed by atoms with Crippen molar-refractivity contribution in [2.75, 3.05) is 0 Å². The van der Waals surface area contributed by atoms with Crippen LogP contribution in [0.5, 0.6) is 0 Å². The van der Waals surface area contributed by atoms with Crippen molar-refractivity contribution in [1.29, 1.82) is 0 Å². The molecule has 0 radical (unpaired) electrons. The Kier molecular flexibility index (Phi) is 5.06. The Bertz CT molecular complexity index is 992. The van der Waals surface area contributed by atoms with E-state index in [2.05, 4.69) is 17.4 Å². The topological polar surface area (TPSA) is 73.0 Å².